The van der Waals surface area contributed by atoms with Gasteiger partial charge in [-0.3, -0.25) is 10.1 Å². The highest BCUT2D eigenvalue weighted by atomic mass is 32.2. The molecule has 1 aromatic rings. The molecular formula is C15H20N4OS. The van der Waals surface area contributed by atoms with Gasteiger partial charge in [0.25, 0.3) is 0 Å². The van der Waals surface area contributed by atoms with Gasteiger partial charge in [0.15, 0.2) is 11.4 Å². The van der Waals surface area contributed by atoms with Gasteiger partial charge in [-0.05, 0) is 36.8 Å². The molecule has 0 bridgehead atoms. The Hall–Kier alpha value is -2.00. The summed E-state index contributed by atoms with van der Waals surface area (Å²) in [6.07, 6.45) is 4.18. The molecule has 0 aliphatic carbocycles. The van der Waals surface area contributed by atoms with Crippen molar-refractivity contribution in [2.24, 2.45) is 10.9 Å². The number of nitrogens with zero attached hydrogens (tertiary/aromatic N) is 2. The van der Waals surface area contributed by atoms with Crippen molar-refractivity contribution in [3.05, 3.63) is 23.8 Å². The van der Waals surface area contributed by atoms with E-state index in [0.29, 0.717) is 23.2 Å². The van der Waals surface area contributed by atoms with E-state index >= 15 is 0 Å². The smallest absolute Gasteiger partial charge is 0.224 e. The molecule has 0 spiro atoms. The first-order chi connectivity index (χ1) is 9.96. The number of nitriles is 1. The Morgan fingerprint density at radius 3 is 2.76 bits per heavy atom. The van der Waals surface area contributed by atoms with Crippen LogP contribution >= 0.6 is 11.8 Å². The Balaban J connectivity index is 2.95. The van der Waals surface area contributed by atoms with Crippen molar-refractivity contribution in [2.75, 3.05) is 11.6 Å². The van der Waals surface area contributed by atoms with Crippen LogP contribution in [-0.2, 0) is 4.79 Å². The molecule has 0 aliphatic rings. The second-order valence-electron chi connectivity index (χ2n) is 5.01. The van der Waals surface area contributed by atoms with Crippen LogP contribution in [0.15, 0.2) is 23.2 Å². The average Bonchev–Trinajstić information content (AvgIpc) is 2.40. The number of aryl methyl sites for hydroxylation is 1. The van der Waals surface area contributed by atoms with E-state index in [1.165, 1.54) is 11.8 Å². The van der Waals surface area contributed by atoms with Crippen LogP contribution in [-0.4, -0.2) is 17.3 Å². The molecule has 0 unspecified atom stereocenters. The number of amides is 1. The van der Waals surface area contributed by atoms with Crippen molar-refractivity contribution < 1.29 is 4.79 Å². The predicted octanol–water partition coefficient (Wildman–Crippen LogP) is 3.40. The largest absolute Gasteiger partial charge is 0.326 e. The lowest BCUT2D eigenvalue weighted by Crippen LogP contribution is -2.14. The second kappa shape index (κ2) is 8.32. The maximum absolute atomic E-state index is 11.8. The van der Waals surface area contributed by atoms with Crippen LogP contribution in [0.4, 0.5) is 11.4 Å². The first-order valence-corrected chi connectivity index (χ1v) is 7.87. The molecule has 0 saturated carbocycles. The van der Waals surface area contributed by atoms with Crippen molar-refractivity contribution in [3.8, 4) is 6.19 Å². The average molecular weight is 304 g/mol. The molecule has 0 radical (unpaired) electrons. The standard InChI is InChI=1S/C15H20N4OS/c1-10(2)7-14(20)18-12-6-5-11(3)13(8-12)19-15(21-4)17-9-16/h5-6,8,10H,7H2,1-4H3,(H,17,19)(H,18,20). The zero-order chi connectivity index (χ0) is 15.8. The lowest BCUT2D eigenvalue weighted by Gasteiger charge is -2.09. The summed E-state index contributed by atoms with van der Waals surface area (Å²) in [5, 5.41) is 14.6. The molecule has 2 N–H and O–H groups in total. The number of anilines is 1. The highest BCUT2D eigenvalue weighted by Crippen LogP contribution is 2.24. The van der Waals surface area contributed by atoms with Gasteiger partial charge in [-0.1, -0.05) is 31.7 Å². The summed E-state index contributed by atoms with van der Waals surface area (Å²) < 4.78 is 0. The number of benzene rings is 1. The molecule has 0 saturated heterocycles. The molecule has 21 heavy (non-hydrogen) atoms. The maximum Gasteiger partial charge on any atom is 0.224 e. The second-order valence-corrected chi connectivity index (χ2v) is 5.80. The van der Waals surface area contributed by atoms with Crippen molar-refractivity contribution in [1.29, 1.82) is 5.26 Å². The Kier molecular flexibility index (Phi) is 6.76. The van der Waals surface area contributed by atoms with E-state index in [9.17, 15) is 4.79 Å². The van der Waals surface area contributed by atoms with Crippen molar-refractivity contribution in [3.63, 3.8) is 0 Å². The number of aliphatic imine (C=N–C) groups is 1. The quantitative estimate of drug-likeness (QED) is 0.387. The summed E-state index contributed by atoms with van der Waals surface area (Å²) in [4.78, 5) is 16.2. The van der Waals surface area contributed by atoms with E-state index in [4.69, 9.17) is 5.26 Å². The number of carbonyl (C=O) groups excluding carboxylic acids is 1. The van der Waals surface area contributed by atoms with Gasteiger partial charge in [-0.2, -0.15) is 5.26 Å². The molecule has 112 valence electrons. The molecule has 0 heterocycles. The third-order valence-electron chi connectivity index (χ3n) is 2.66. The van der Waals surface area contributed by atoms with Gasteiger partial charge in [-0.15, -0.1) is 0 Å². The van der Waals surface area contributed by atoms with E-state index in [2.05, 4.69) is 15.6 Å². The zero-order valence-electron chi connectivity index (χ0n) is 12.7. The third-order valence-corrected chi connectivity index (χ3v) is 3.24. The number of rotatable bonds is 4. The lowest BCUT2D eigenvalue weighted by molar-refractivity contribution is -0.116. The maximum atomic E-state index is 11.8. The van der Waals surface area contributed by atoms with Crippen LogP contribution in [0.25, 0.3) is 0 Å². The number of hydrogen-bond donors (Lipinski definition) is 2. The SMILES string of the molecule is CSC(=Nc1cc(NC(=O)CC(C)C)ccc1C)NC#N. The summed E-state index contributed by atoms with van der Waals surface area (Å²) in [5.74, 6) is 0.305. The Morgan fingerprint density at radius 1 is 1.48 bits per heavy atom. The summed E-state index contributed by atoms with van der Waals surface area (Å²) in [6, 6.07) is 5.56. The summed E-state index contributed by atoms with van der Waals surface area (Å²) >= 11 is 1.36. The van der Waals surface area contributed by atoms with Gasteiger partial charge < -0.3 is 5.32 Å². The third kappa shape index (κ3) is 5.88. The van der Waals surface area contributed by atoms with Crippen LogP contribution in [0.2, 0.25) is 0 Å². The molecule has 6 heteroatoms. The van der Waals surface area contributed by atoms with E-state index in [1.807, 2.05) is 51.4 Å². The van der Waals surface area contributed by atoms with Gasteiger partial charge in [0, 0.05) is 12.1 Å². The number of thioether (sulfide) groups is 1. The first kappa shape index (κ1) is 17.1. The lowest BCUT2D eigenvalue weighted by atomic mass is 10.1. The van der Waals surface area contributed by atoms with Gasteiger partial charge in [0.2, 0.25) is 5.91 Å². The summed E-state index contributed by atoms with van der Waals surface area (Å²) in [5.41, 5.74) is 2.41. The number of hydrogen-bond acceptors (Lipinski definition) is 4. The molecule has 1 aromatic carbocycles. The van der Waals surface area contributed by atoms with Crippen LogP contribution in [0.1, 0.15) is 25.8 Å². The van der Waals surface area contributed by atoms with E-state index < -0.39 is 0 Å². The fourth-order valence-electron chi connectivity index (χ4n) is 1.67. The van der Waals surface area contributed by atoms with E-state index in [-0.39, 0.29) is 5.91 Å². The highest BCUT2D eigenvalue weighted by Gasteiger charge is 2.07. The molecule has 0 aliphatic heterocycles. The van der Waals surface area contributed by atoms with Crippen LogP contribution < -0.4 is 10.6 Å². The van der Waals surface area contributed by atoms with Gasteiger partial charge in [0.1, 0.15) is 0 Å². The molecule has 0 atom stereocenters. The minimum absolute atomic E-state index is 0.0102. The minimum atomic E-state index is -0.0102. The van der Waals surface area contributed by atoms with Crippen LogP contribution in [0.3, 0.4) is 0 Å². The van der Waals surface area contributed by atoms with Crippen molar-refractivity contribution in [1.82, 2.24) is 5.32 Å². The summed E-state index contributed by atoms with van der Waals surface area (Å²) in [6.45, 7) is 5.94. The van der Waals surface area contributed by atoms with Gasteiger partial charge >= 0.3 is 0 Å². The van der Waals surface area contributed by atoms with Crippen molar-refractivity contribution >= 4 is 34.2 Å². The van der Waals surface area contributed by atoms with Crippen molar-refractivity contribution in [2.45, 2.75) is 27.2 Å². The molecular weight excluding hydrogens is 284 g/mol. The molecule has 0 aromatic heterocycles. The van der Waals surface area contributed by atoms with Gasteiger partial charge in [0.05, 0.1) is 5.69 Å². The van der Waals surface area contributed by atoms with Crippen LogP contribution in [0.5, 0.6) is 0 Å². The fraction of sp³-hybridized carbons (Fsp3) is 0.400. The highest BCUT2D eigenvalue weighted by molar-refractivity contribution is 8.13. The van der Waals surface area contributed by atoms with E-state index in [1.54, 1.807) is 0 Å². The topological polar surface area (TPSA) is 77.3 Å². The van der Waals surface area contributed by atoms with E-state index in [0.717, 1.165) is 11.3 Å². The molecule has 5 nitrogen and oxygen atoms in total. The van der Waals surface area contributed by atoms with Crippen LogP contribution in [0, 0.1) is 24.3 Å². The molecule has 1 rings (SSSR count). The Morgan fingerprint density at radius 2 is 2.19 bits per heavy atom. The molecule has 0 fully saturated rings. The fourth-order valence-corrected chi connectivity index (χ4v) is 2.01. The normalized spacial score (nSPS) is 11.1. The Labute approximate surface area is 129 Å². The van der Waals surface area contributed by atoms with Gasteiger partial charge in [-0.25, -0.2) is 4.99 Å². The summed E-state index contributed by atoms with van der Waals surface area (Å²) in [7, 11) is 0. The predicted molar refractivity (Wildman–Crippen MR) is 88.6 cm³/mol. The zero-order valence-corrected chi connectivity index (χ0v) is 13.5. The first-order valence-electron chi connectivity index (χ1n) is 6.64. The number of nitrogens with one attached hydrogen (secondary N) is 2. The Bertz CT molecular complexity index is 576. The molecule has 1 amide bonds. The minimum Gasteiger partial charge on any atom is -0.326 e. The number of amidine groups is 1. The monoisotopic (exact) mass is 304 g/mol. The number of carbonyl (C=O) groups is 1.